The van der Waals surface area contributed by atoms with E-state index < -0.39 is 0 Å². The molecule has 0 bridgehead atoms. The summed E-state index contributed by atoms with van der Waals surface area (Å²) in [5.41, 5.74) is 1.98. The molecular formula is C19H32N4O. The lowest BCUT2D eigenvalue weighted by molar-refractivity contribution is -0.120. The number of carbonyl (C=O) groups is 1. The van der Waals surface area contributed by atoms with Crippen molar-refractivity contribution in [3.05, 3.63) is 29.6 Å². The lowest BCUT2D eigenvalue weighted by Crippen LogP contribution is -2.33. The van der Waals surface area contributed by atoms with Crippen molar-refractivity contribution in [1.82, 2.24) is 15.6 Å². The Hall–Kier alpha value is -1.75. The van der Waals surface area contributed by atoms with Gasteiger partial charge >= 0.3 is 0 Å². The van der Waals surface area contributed by atoms with Crippen molar-refractivity contribution in [2.24, 2.45) is 4.99 Å². The van der Waals surface area contributed by atoms with E-state index in [0.717, 1.165) is 24.2 Å². The van der Waals surface area contributed by atoms with Crippen LogP contribution in [0.2, 0.25) is 0 Å². The first kappa shape index (κ1) is 20.3. The molecule has 0 saturated carbocycles. The zero-order valence-corrected chi connectivity index (χ0v) is 15.2. The maximum Gasteiger partial charge on any atom is 0.233 e. The second kappa shape index (κ2) is 13.7. The third kappa shape index (κ3) is 10.1. The third-order valence-electron chi connectivity index (χ3n) is 3.69. The third-order valence-corrected chi connectivity index (χ3v) is 3.69. The average molecular weight is 332 g/mol. The Morgan fingerprint density at radius 2 is 2.00 bits per heavy atom. The van der Waals surface area contributed by atoms with E-state index in [1.165, 1.54) is 32.1 Å². The number of pyridine rings is 1. The zero-order chi connectivity index (χ0) is 17.5. The first-order valence-corrected chi connectivity index (χ1v) is 9.18. The molecule has 2 N–H and O–H groups in total. The highest BCUT2D eigenvalue weighted by Crippen LogP contribution is 2.05. The van der Waals surface area contributed by atoms with E-state index in [-0.39, 0.29) is 5.91 Å². The number of aromatic nitrogens is 1. The minimum Gasteiger partial charge on any atom is -0.355 e. The summed E-state index contributed by atoms with van der Waals surface area (Å²) in [4.78, 5) is 20.2. The van der Waals surface area contributed by atoms with E-state index in [2.05, 4.69) is 27.5 Å². The lowest BCUT2D eigenvalue weighted by atomic mass is 10.1. The first-order chi connectivity index (χ1) is 11.8. The van der Waals surface area contributed by atoms with E-state index in [0.29, 0.717) is 19.6 Å². The lowest BCUT2D eigenvalue weighted by Gasteiger charge is -2.05. The molecule has 0 fully saturated rings. The summed E-state index contributed by atoms with van der Waals surface area (Å²) in [6.07, 6.45) is 11.4. The van der Waals surface area contributed by atoms with Gasteiger partial charge in [-0.1, -0.05) is 39.0 Å². The van der Waals surface area contributed by atoms with E-state index in [1.54, 1.807) is 6.20 Å². The number of rotatable bonds is 13. The van der Waals surface area contributed by atoms with Crippen molar-refractivity contribution in [2.45, 2.75) is 58.9 Å². The van der Waals surface area contributed by atoms with E-state index in [4.69, 9.17) is 0 Å². The van der Waals surface area contributed by atoms with Gasteiger partial charge in [-0.05, 0) is 31.0 Å². The minimum absolute atomic E-state index is 0.00848. The fourth-order valence-corrected chi connectivity index (χ4v) is 2.39. The number of aliphatic imine (C=N–C) groups is 1. The molecule has 0 spiro atoms. The summed E-state index contributed by atoms with van der Waals surface area (Å²) in [7, 11) is 0. The normalized spacial score (nSPS) is 11.1. The standard InChI is InChI=1S/C19H32N4O/c1-3-5-6-7-8-9-11-20-14-17-10-12-23-18(13-17)15-21-16-19(24)22-4-2/h10,12-14,21H,3-9,11,15-16H2,1-2H3,(H,22,24)/b20-14+. The van der Waals surface area contributed by atoms with E-state index >= 15 is 0 Å². The Balaban J connectivity index is 2.24. The van der Waals surface area contributed by atoms with Gasteiger partial charge in [0.25, 0.3) is 0 Å². The van der Waals surface area contributed by atoms with Crippen molar-refractivity contribution in [3.8, 4) is 0 Å². The molecule has 24 heavy (non-hydrogen) atoms. The molecule has 5 heteroatoms. The van der Waals surface area contributed by atoms with Gasteiger partial charge in [0, 0.05) is 32.0 Å². The van der Waals surface area contributed by atoms with Crippen LogP contribution in [0.1, 0.15) is 63.6 Å². The van der Waals surface area contributed by atoms with Crippen molar-refractivity contribution in [1.29, 1.82) is 0 Å². The highest BCUT2D eigenvalue weighted by molar-refractivity contribution is 5.79. The summed E-state index contributed by atoms with van der Waals surface area (Å²) < 4.78 is 0. The molecule has 0 aliphatic carbocycles. The number of nitrogens with zero attached hydrogens (tertiary/aromatic N) is 2. The number of hydrogen-bond donors (Lipinski definition) is 2. The van der Waals surface area contributed by atoms with Gasteiger partial charge in [0.15, 0.2) is 0 Å². The molecule has 0 atom stereocenters. The predicted molar refractivity (Wildman–Crippen MR) is 100 cm³/mol. The summed E-state index contributed by atoms with van der Waals surface area (Å²) in [5.74, 6) is 0.00848. The first-order valence-electron chi connectivity index (χ1n) is 9.18. The summed E-state index contributed by atoms with van der Waals surface area (Å²) in [6, 6.07) is 3.97. The highest BCUT2D eigenvalue weighted by atomic mass is 16.1. The largest absolute Gasteiger partial charge is 0.355 e. The number of likely N-dealkylation sites (N-methyl/N-ethyl adjacent to an activating group) is 1. The maximum atomic E-state index is 11.4. The molecule has 1 aromatic rings. The average Bonchev–Trinajstić information content (AvgIpc) is 2.58. The van der Waals surface area contributed by atoms with Crippen molar-refractivity contribution >= 4 is 12.1 Å². The number of amides is 1. The molecule has 0 aliphatic rings. The molecule has 134 valence electrons. The molecule has 0 aromatic carbocycles. The molecular weight excluding hydrogens is 300 g/mol. The smallest absolute Gasteiger partial charge is 0.233 e. The molecule has 0 aliphatic heterocycles. The van der Waals surface area contributed by atoms with Crippen LogP contribution in [0, 0.1) is 0 Å². The van der Waals surface area contributed by atoms with Gasteiger partial charge < -0.3 is 10.6 Å². The number of unbranched alkanes of at least 4 members (excludes halogenated alkanes) is 5. The van der Waals surface area contributed by atoms with Gasteiger partial charge in [0.05, 0.1) is 12.2 Å². The van der Waals surface area contributed by atoms with Crippen LogP contribution in [0.4, 0.5) is 0 Å². The zero-order valence-electron chi connectivity index (χ0n) is 15.2. The van der Waals surface area contributed by atoms with Gasteiger partial charge in [0.1, 0.15) is 0 Å². The molecule has 1 amide bonds. The van der Waals surface area contributed by atoms with Crippen LogP contribution in [-0.2, 0) is 11.3 Å². The van der Waals surface area contributed by atoms with Crippen molar-refractivity contribution in [3.63, 3.8) is 0 Å². The fraction of sp³-hybridized carbons (Fsp3) is 0.632. The van der Waals surface area contributed by atoms with Crippen LogP contribution in [0.3, 0.4) is 0 Å². The second-order valence-corrected chi connectivity index (χ2v) is 5.94. The Kier molecular flexibility index (Phi) is 11.6. The summed E-state index contributed by atoms with van der Waals surface area (Å²) in [5, 5.41) is 5.85. The topological polar surface area (TPSA) is 66.4 Å². The fourth-order valence-electron chi connectivity index (χ4n) is 2.39. The molecule has 0 saturated heterocycles. The van der Waals surface area contributed by atoms with Crippen molar-refractivity contribution in [2.75, 3.05) is 19.6 Å². The van der Waals surface area contributed by atoms with Gasteiger partial charge in [-0.3, -0.25) is 14.8 Å². The Labute approximate surface area is 146 Å². The Morgan fingerprint density at radius 1 is 1.21 bits per heavy atom. The van der Waals surface area contributed by atoms with Gasteiger partial charge in [-0.15, -0.1) is 0 Å². The number of carbonyl (C=O) groups excluding carboxylic acids is 1. The molecule has 1 rings (SSSR count). The molecule has 5 nitrogen and oxygen atoms in total. The molecule has 1 heterocycles. The van der Waals surface area contributed by atoms with E-state index in [9.17, 15) is 4.79 Å². The van der Waals surface area contributed by atoms with Gasteiger partial charge in [-0.25, -0.2) is 0 Å². The SMILES string of the molecule is CCCCCCCC/N=C/c1ccnc(CNCC(=O)NCC)c1. The quantitative estimate of drug-likeness (QED) is 0.431. The van der Waals surface area contributed by atoms with Crippen LogP contribution >= 0.6 is 0 Å². The number of hydrogen-bond acceptors (Lipinski definition) is 4. The molecule has 0 radical (unpaired) electrons. The Morgan fingerprint density at radius 3 is 2.79 bits per heavy atom. The summed E-state index contributed by atoms with van der Waals surface area (Å²) in [6.45, 7) is 6.58. The van der Waals surface area contributed by atoms with Crippen LogP contribution < -0.4 is 10.6 Å². The van der Waals surface area contributed by atoms with Crippen LogP contribution in [0.5, 0.6) is 0 Å². The summed E-state index contributed by atoms with van der Waals surface area (Å²) >= 11 is 0. The second-order valence-electron chi connectivity index (χ2n) is 5.94. The van der Waals surface area contributed by atoms with E-state index in [1.807, 2.05) is 25.3 Å². The van der Waals surface area contributed by atoms with Crippen LogP contribution in [-0.4, -0.2) is 36.7 Å². The van der Waals surface area contributed by atoms with Crippen LogP contribution in [0.25, 0.3) is 0 Å². The van der Waals surface area contributed by atoms with Gasteiger partial charge in [0.2, 0.25) is 5.91 Å². The monoisotopic (exact) mass is 332 g/mol. The van der Waals surface area contributed by atoms with Gasteiger partial charge in [-0.2, -0.15) is 0 Å². The molecule has 0 unspecified atom stereocenters. The highest BCUT2D eigenvalue weighted by Gasteiger charge is 2.00. The predicted octanol–water partition coefficient (Wildman–Crippen LogP) is 3.09. The molecule has 1 aromatic heterocycles. The van der Waals surface area contributed by atoms with Crippen LogP contribution in [0.15, 0.2) is 23.3 Å². The van der Waals surface area contributed by atoms with Crippen molar-refractivity contribution < 1.29 is 4.79 Å². The Bertz CT molecular complexity index is 488. The minimum atomic E-state index is 0.00848. The maximum absolute atomic E-state index is 11.4. The number of nitrogens with one attached hydrogen (secondary N) is 2.